The molecule has 238 valence electrons. The van der Waals surface area contributed by atoms with Crippen molar-refractivity contribution in [3.05, 3.63) is 52.2 Å². The summed E-state index contributed by atoms with van der Waals surface area (Å²) in [5, 5.41) is 0. The first-order valence-electron chi connectivity index (χ1n) is 15.3. The Hall–Kier alpha value is -1.05. The summed E-state index contributed by atoms with van der Waals surface area (Å²) in [5.74, 6) is -1.72. The molecule has 1 saturated heterocycles. The number of hydrogen-bond acceptors (Lipinski definition) is 8. The van der Waals surface area contributed by atoms with Crippen LogP contribution in [0.1, 0.15) is 60.4 Å². The molecule has 9 nitrogen and oxygen atoms in total. The third-order valence-electron chi connectivity index (χ3n) is 11.3. The molecule has 9 rings (SSSR count). The Labute approximate surface area is 301 Å². The molecule has 1 heterocycles. The summed E-state index contributed by atoms with van der Waals surface area (Å²) in [4.78, 5) is 40.1. The second-order valence-corrected chi connectivity index (χ2v) is 18.6. The molecule has 45 heavy (non-hydrogen) atoms. The van der Waals surface area contributed by atoms with Gasteiger partial charge in [-0.1, -0.05) is 0 Å². The number of esters is 3. The van der Waals surface area contributed by atoms with Crippen LogP contribution in [0.25, 0.3) is 0 Å². The predicted molar refractivity (Wildman–Crippen MR) is 184 cm³/mol. The van der Waals surface area contributed by atoms with Crippen LogP contribution in [0.4, 0.5) is 0 Å². The molecule has 6 saturated carbocycles. The van der Waals surface area contributed by atoms with Crippen molar-refractivity contribution >= 4 is 95.8 Å². The zero-order chi connectivity index (χ0) is 31.5. The number of benzene rings is 2. The van der Waals surface area contributed by atoms with E-state index in [1.54, 1.807) is 6.07 Å². The summed E-state index contributed by atoms with van der Waals surface area (Å²) in [5.41, 5.74) is 0.953. The summed E-state index contributed by atoms with van der Waals surface area (Å²) in [6.07, 6.45) is 4.55. The number of carbonyl (C=O) groups excluding carboxylic acids is 3. The minimum Gasteiger partial charge on any atom is -0.458 e. The third-order valence-corrected chi connectivity index (χ3v) is 14.6. The molecule has 2 aromatic carbocycles. The molecule has 0 amide bonds. The highest BCUT2D eigenvalue weighted by Crippen LogP contribution is 2.61. The van der Waals surface area contributed by atoms with Gasteiger partial charge in [0.05, 0.1) is 22.3 Å². The Bertz CT molecular complexity index is 1710. The summed E-state index contributed by atoms with van der Waals surface area (Å²) < 4.78 is 55.2. The molecule has 1 aliphatic heterocycles. The zero-order valence-electron chi connectivity index (χ0n) is 23.7. The molecular weight excluding hydrogens is 941 g/mol. The molecule has 2 aromatic rings. The predicted octanol–water partition coefficient (Wildman–Crippen LogP) is 6.23. The second-order valence-electron chi connectivity index (χ2n) is 13.7. The molecule has 6 aliphatic carbocycles. The fraction of sp³-hybridized carbons (Fsp3) is 0.531. The number of carbonyl (C=O) groups is 3. The van der Waals surface area contributed by atoms with Crippen LogP contribution in [0, 0.1) is 58.1 Å². The van der Waals surface area contributed by atoms with Gasteiger partial charge in [-0.3, -0.25) is 14.1 Å². The van der Waals surface area contributed by atoms with Crippen LogP contribution in [0.2, 0.25) is 0 Å². The first kappa shape index (κ1) is 31.2. The maximum absolute atomic E-state index is 13.9. The smallest absolute Gasteiger partial charge is 0.340 e. The first-order valence-corrected chi connectivity index (χ1v) is 19.9. The normalized spacial score (nSPS) is 37.2. The fourth-order valence-electron chi connectivity index (χ4n) is 10.1. The quantitative estimate of drug-likeness (QED) is 0.155. The summed E-state index contributed by atoms with van der Waals surface area (Å²) in [6, 6.07) is 8.10. The Kier molecular flexibility index (Phi) is 7.81. The fourth-order valence-corrected chi connectivity index (χ4v) is 14.8. The van der Waals surface area contributed by atoms with Crippen LogP contribution in [-0.2, 0) is 29.2 Å². The number of halogens is 3. The molecule has 0 spiro atoms. The van der Waals surface area contributed by atoms with Gasteiger partial charge in [0.15, 0.2) is 0 Å². The van der Waals surface area contributed by atoms with Crippen molar-refractivity contribution in [2.24, 2.45) is 47.3 Å². The van der Waals surface area contributed by atoms with E-state index in [2.05, 4.69) is 67.8 Å². The van der Waals surface area contributed by atoms with Gasteiger partial charge in [0.2, 0.25) is 0 Å². The van der Waals surface area contributed by atoms with E-state index in [-0.39, 0.29) is 22.5 Å². The van der Waals surface area contributed by atoms with Gasteiger partial charge in [-0.05, 0) is 172 Å². The van der Waals surface area contributed by atoms with Crippen LogP contribution in [-0.4, -0.2) is 43.1 Å². The molecule has 6 bridgehead atoms. The largest absolute Gasteiger partial charge is 0.458 e. The number of rotatable bonds is 6. The highest BCUT2D eigenvalue weighted by atomic mass is 127. The lowest BCUT2D eigenvalue weighted by molar-refractivity contribution is -0.149. The van der Waals surface area contributed by atoms with E-state index >= 15 is 0 Å². The van der Waals surface area contributed by atoms with Gasteiger partial charge in [0.1, 0.15) is 18.0 Å². The molecule has 13 heteroatoms. The molecule has 0 radical (unpaired) electrons. The average molecular weight is 970 g/mol. The van der Waals surface area contributed by atoms with Crippen molar-refractivity contribution in [2.75, 3.05) is 0 Å². The van der Waals surface area contributed by atoms with Crippen LogP contribution in [0.5, 0.6) is 5.75 Å². The van der Waals surface area contributed by atoms with Gasteiger partial charge in [-0.2, -0.15) is 8.42 Å². The van der Waals surface area contributed by atoms with Crippen molar-refractivity contribution in [2.45, 2.75) is 61.5 Å². The average Bonchev–Trinajstić information content (AvgIpc) is 3.55. The van der Waals surface area contributed by atoms with E-state index in [1.165, 1.54) is 18.6 Å². The number of fused-ring (bicyclic) bond motifs is 1. The number of hydrogen-bond donors (Lipinski definition) is 1. The molecule has 1 N–H and O–H groups in total. The van der Waals surface area contributed by atoms with Gasteiger partial charge in [-0.25, -0.2) is 4.79 Å². The van der Waals surface area contributed by atoms with Crippen molar-refractivity contribution in [3.8, 4) is 5.75 Å². The second kappa shape index (κ2) is 11.3. The lowest BCUT2D eigenvalue weighted by atomic mass is 9.51. The Morgan fingerprint density at radius 1 is 0.867 bits per heavy atom. The minimum absolute atomic E-state index is 0.0305. The van der Waals surface area contributed by atoms with Crippen LogP contribution >= 0.6 is 67.8 Å². The van der Waals surface area contributed by atoms with E-state index in [1.807, 2.05) is 12.1 Å². The van der Waals surface area contributed by atoms with E-state index in [4.69, 9.17) is 14.2 Å². The summed E-state index contributed by atoms with van der Waals surface area (Å²) in [7, 11) is -4.50. The van der Waals surface area contributed by atoms with Gasteiger partial charge < -0.3 is 14.2 Å². The molecule has 7 fully saturated rings. The Balaban J connectivity index is 1.07. The zero-order valence-corrected chi connectivity index (χ0v) is 31.0. The van der Waals surface area contributed by atoms with Crippen LogP contribution in [0.15, 0.2) is 35.2 Å². The summed E-state index contributed by atoms with van der Waals surface area (Å²) in [6.45, 7) is 0. The van der Waals surface area contributed by atoms with Gasteiger partial charge in [0, 0.05) is 22.5 Å². The minimum atomic E-state index is -4.50. The van der Waals surface area contributed by atoms with Crippen molar-refractivity contribution in [1.29, 1.82) is 0 Å². The SMILES string of the molecule is O=C(OC1C2CC3C1OC(=O)C3C2C(=O)Oc1ccc(S(=O)(=O)O)c(C2C3CC4CC(C3)CC2C4)c1)c1c(I)cc(I)cc1I. The molecule has 6 atom stereocenters. The number of ether oxygens (including phenoxy) is 3. The van der Waals surface area contributed by atoms with Gasteiger partial charge in [-0.15, -0.1) is 0 Å². The molecule has 6 unspecified atom stereocenters. The van der Waals surface area contributed by atoms with Crippen LogP contribution in [0.3, 0.4) is 0 Å². The summed E-state index contributed by atoms with van der Waals surface area (Å²) >= 11 is 6.40. The van der Waals surface area contributed by atoms with Crippen LogP contribution < -0.4 is 4.74 Å². The van der Waals surface area contributed by atoms with Gasteiger partial charge >= 0.3 is 17.9 Å². The maximum Gasteiger partial charge on any atom is 0.340 e. The van der Waals surface area contributed by atoms with Crippen molar-refractivity contribution < 1.29 is 41.6 Å². The first-order chi connectivity index (χ1) is 21.4. The molecule has 7 aliphatic rings. The Morgan fingerprint density at radius 3 is 2.13 bits per heavy atom. The van der Waals surface area contributed by atoms with E-state index in [0.717, 1.165) is 36.4 Å². The van der Waals surface area contributed by atoms with E-state index in [9.17, 15) is 27.4 Å². The molecule has 0 aromatic heterocycles. The van der Waals surface area contributed by atoms with E-state index < -0.39 is 58.0 Å². The molecular formula is C32H29I3O9S. The topological polar surface area (TPSA) is 133 Å². The highest BCUT2D eigenvalue weighted by molar-refractivity contribution is 14.1. The van der Waals surface area contributed by atoms with E-state index in [0.29, 0.717) is 41.2 Å². The third kappa shape index (κ3) is 5.18. The van der Waals surface area contributed by atoms with Crippen molar-refractivity contribution in [1.82, 2.24) is 0 Å². The highest BCUT2D eigenvalue weighted by Gasteiger charge is 2.70. The van der Waals surface area contributed by atoms with Gasteiger partial charge in [0.25, 0.3) is 10.1 Å². The lowest BCUT2D eigenvalue weighted by Crippen LogP contribution is -2.44. The lowest BCUT2D eigenvalue weighted by Gasteiger charge is -2.54. The standard InChI is InChI=1S/C32H29I3O9S/c33-16-8-21(34)27(22(35)9-16)32(38)44-29-19-11-20-26(31(37)43-28(20)29)25(19)30(36)42-17-1-2-23(45(39,40)41)18(10-17)24-14-4-12-3-13(6-14)7-15(24)5-12/h1-2,8-10,12-15,19-20,24-26,28-29H,3-7,11H2,(H,39,40,41). The maximum atomic E-state index is 13.9. The van der Waals surface area contributed by atoms with Crippen molar-refractivity contribution in [3.63, 3.8) is 0 Å². The Morgan fingerprint density at radius 2 is 1.51 bits per heavy atom. The monoisotopic (exact) mass is 970 g/mol.